The minimum absolute atomic E-state index is 0.143. The largest absolute Gasteiger partial charge is 0.322 e. The van der Waals surface area contributed by atoms with Gasteiger partial charge in [0.25, 0.3) is 0 Å². The first kappa shape index (κ1) is 25.1. The van der Waals surface area contributed by atoms with Crippen molar-refractivity contribution < 1.29 is 4.79 Å². The van der Waals surface area contributed by atoms with E-state index < -0.39 is 0 Å². The molecule has 5 aromatic rings. The number of nitrogens with one attached hydrogen (secondary N) is 1. The van der Waals surface area contributed by atoms with E-state index in [1.54, 1.807) is 11.8 Å². The highest BCUT2D eigenvalue weighted by molar-refractivity contribution is 7.98. The molecule has 1 atom stereocenters. The monoisotopic (exact) mass is 533 g/mol. The Morgan fingerprint density at radius 2 is 1.72 bits per heavy atom. The zero-order valence-corrected chi connectivity index (χ0v) is 23.4. The normalized spacial score (nSPS) is 14.5. The lowest BCUT2D eigenvalue weighted by Crippen LogP contribution is -2.38. The lowest BCUT2D eigenvalue weighted by Gasteiger charge is -2.31. The highest BCUT2D eigenvalue weighted by Gasteiger charge is 2.36. The van der Waals surface area contributed by atoms with Crippen LogP contribution in [-0.2, 0) is 6.54 Å². The number of para-hydroxylation sites is 1. The van der Waals surface area contributed by atoms with Gasteiger partial charge in [-0.1, -0.05) is 42.5 Å². The van der Waals surface area contributed by atoms with E-state index in [-0.39, 0.29) is 12.1 Å². The Labute approximate surface area is 233 Å². The van der Waals surface area contributed by atoms with Crippen LogP contribution in [-0.4, -0.2) is 31.5 Å². The number of carbonyl (C=O) groups is 1. The van der Waals surface area contributed by atoms with Crippen LogP contribution in [0.3, 0.4) is 0 Å². The summed E-state index contributed by atoms with van der Waals surface area (Å²) in [5, 5.41) is 8.17. The Balaban J connectivity index is 1.53. The lowest BCUT2D eigenvalue weighted by molar-refractivity contribution is 0.194. The van der Waals surface area contributed by atoms with Gasteiger partial charge >= 0.3 is 6.03 Å². The number of benzene rings is 3. The fourth-order valence-corrected chi connectivity index (χ4v) is 5.75. The van der Waals surface area contributed by atoms with Crippen molar-refractivity contribution in [2.75, 3.05) is 11.6 Å². The lowest BCUT2D eigenvalue weighted by atomic mass is 10.0. The predicted molar refractivity (Wildman–Crippen MR) is 158 cm³/mol. The quantitative estimate of drug-likeness (QED) is 0.244. The maximum atomic E-state index is 14.2. The van der Waals surface area contributed by atoms with Gasteiger partial charge in [-0.05, 0) is 86.2 Å². The second-order valence-electron chi connectivity index (χ2n) is 9.99. The second kappa shape index (κ2) is 10.2. The number of anilines is 1. The van der Waals surface area contributed by atoms with Gasteiger partial charge in [-0.25, -0.2) is 9.48 Å². The van der Waals surface area contributed by atoms with Crippen molar-refractivity contribution in [3.05, 3.63) is 125 Å². The van der Waals surface area contributed by atoms with Gasteiger partial charge in [0, 0.05) is 22.3 Å². The van der Waals surface area contributed by atoms with Crippen molar-refractivity contribution in [3.63, 3.8) is 0 Å². The third-order valence-corrected chi connectivity index (χ3v) is 8.16. The number of urea groups is 1. The van der Waals surface area contributed by atoms with Gasteiger partial charge < -0.3 is 14.8 Å². The third-order valence-electron chi connectivity index (χ3n) is 7.41. The summed E-state index contributed by atoms with van der Waals surface area (Å²) in [7, 11) is 0. The zero-order chi connectivity index (χ0) is 27.1. The van der Waals surface area contributed by atoms with E-state index in [0.29, 0.717) is 6.54 Å². The molecule has 0 spiro atoms. The van der Waals surface area contributed by atoms with Crippen LogP contribution in [0.2, 0.25) is 0 Å². The number of thioether (sulfide) groups is 1. The fourth-order valence-electron chi connectivity index (χ4n) is 5.34. The molecule has 0 saturated carbocycles. The minimum Gasteiger partial charge on any atom is -0.308 e. The number of fused-ring (bicyclic) bond motifs is 3. The van der Waals surface area contributed by atoms with Gasteiger partial charge in [0.05, 0.1) is 29.7 Å². The van der Waals surface area contributed by atoms with Crippen LogP contribution in [0.1, 0.15) is 39.7 Å². The minimum atomic E-state index is -0.294. The molecule has 7 heteroatoms. The molecule has 6 nitrogen and oxygen atoms in total. The second-order valence-corrected chi connectivity index (χ2v) is 10.9. The Morgan fingerprint density at radius 1 is 0.949 bits per heavy atom. The van der Waals surface area contributed by atoms with Crippen LogP contribution in [0.15, 0.2) is 96.0 Å². The van der Waals surface area contributed by atoms with Gasteiger partial charge in [-0.15, -0.1) is 11.8 Å². The number of nitrogens with zero attached hydrogens (tertiary/aromatic N) is 4. The summed E-state index contributed by atoms with van der Waals surface area (Å²) in [5.74, 6) is 0.964. The maximum absolute atomic E-state index is 14.2. The summed E-state index contributed by atoms with van der Waals surface area (Å²) in [5.41, 5.74) is 7.94. The van der Waals surface area contributed by atoms with Crippen LogP contribution in [0.25, 0.3) is 11.5 Å². The van der Waals surface area contributed by atoms with Crippen molar-refractivity contribution >= 4 is 23.5 Å². The number of amides is 2. The summed E-state index contributed by atoms with van der Waals surface area (Å²) in [4.78, 5) is 17.3. The molecule has 39 heavy (non-hydrogen) atoms. The molecule has 3 heterocycles. The van der Waals surface area contributed by atoms with Gasteiger partial charge in [-0.3, -0.25) is 0 Å². The van der Waals surface area contributed by atoms with Crippen LogP contribution < -0.4 is 5.32 Å². The molecule has 6 rings (SSSR count). The van der Waals surface area contributed by atoms with Crippen LogP contribution in [0, 0.1) is 20.8 Å². The van der Waals surface area contributed by atoms with E-state index >= 15 is 0 Å². The molecule has 2 amide bonds. The predicted octanol–water partition coefficient (Wildman–Crippen LogP) is 7.45. The summed E-state index contributed by atoms with van der Waals surface area (Å²) in [6.07, 6.45) is 4.15. The van der Waals surface area contributed by atoms with Crippen molar-refractivity contribution in [2.45, 2.75) is 38.3 Å². The highest BCUT2D eigenvalue weighted by atomic mass is 32.2. The average Bonchev–Trinajstić information content (AvgIpc) is 3.51. The first-order valence-electron chi connectivity index (χ1n) is 13.0. The Kier molecular flexibility index (Phi) is 6.53. The van der Waals surface area contributed by atoms with Gasteiger partial charge in [-0.2, -0.15) is 5.10 Å². The van der Waals surface area contributed by atoms with Crippen molar-refractivity contribution in [1.82, 2.24) is 19.2 Å². The molecule has 0 radical (unpaired) electrons. The molecule has 1 aliphatic rings. The number of hydrogen-bond donors (Lipinski definition) is 1. The fraction of sp³-hybridized carbons (Fsp3) is 0.188. The Hall–Kier alpha value is -4.23. The number of rotatable bonds is 4. The SMILES string of the molecule is CSc1ccc([C@H]2c3cccn3-c3c(c(C)nn3-c3ccccc3)CN2C(=O)Nc2cc(C)ccc2C)cc1. The molecule has 2 aromatic heterocycles. The average molecular weight is 534 g/mol. The molecular formula is C32H31N5OS. The summed E-state index contributed by atoms with van der Waals surface area (Å²) in [6.45, 7) is 6.50. The molecule has 0 fully saturated rings. The molecule has 3 aromatic carbocycles. The van der Waals surface area contributed by atoms with E-state index in [1.165, 1.54) is 4.90 Å². The maximum Gasteiger partial charge on any atom is 0.322 e. The van der Waals surface area contributed by atoms with E-state index in [2.05, 4.69) is 70.9 Å². The van der Waals surface area contributed by atoms with Gasteiger partial charge in [0.15, 0.2) is 0 Å². The first-order chi connectivity index (χ1) is 18.9. The topological polar surface area (TPSA) is 55.1 Å². The first-order valence-corrected chi connectivity index (χ1v) is 14.3. The summed E-state index contributed by atoms with van der Waals surface area (Å²) < 4.78 is 4.19. The van der Waals surface area contributed by atoms with E-state index in [9.17, 15) is 4.79 Å². The summed E-state index contributed by atoms with van der Waals surface area (Å²) >= 11 is 1.71. The molecule has 0 unspecified atom stereocenters. The van der Waals surface area contributed by atoms with Crippen molar-refractivity contribution in [3.8, 4) is 11.5 Å². The number of carbonyl (C=O) groups excluding carboxylic acids is 1. The molecule has 0 saturated heterocycles. The standard InChI is InChI=1S/C32H31N5OS/c1-21-12-13-22(2)28(19-21)33-32(38)36-20-27-23(3)34-37(25-9-6-5-7-10-25)31(27)35-18-8-11-29(35)30(36)24-14-16-26(39-4)17-15-24/h5-19,30H,20H2,1-4H3,(H,33,38)/t30-/m0/s1. The molecule has 196 valence electrons. The van der Waals surface area contributed by atoms with Crippen molar-refractivity contribution in [1.29, 1.82) is 0 Å². The number of aryl methyl sites for hydroxylation is 3. The molecule has 0 aliphatic carbocycles. The van der Waals surface area contributed by atoms with Crippen LogP contribution >= 0.6 is 11.8 Å². The van der Waals surface area contributed by atoms with Crippen LogP contribution in [0.4, 0.5) is 10.5 Å². The van der Waals surface area contributed by atoms with Crippen molar-refractivity contribution in [2.24, 2.45) is 0 Å². The van der Waals surface area contributed by atoms with Crippen LogP contribution in [0.5, 0.6) is 0 Å². The molecule has 1 N–H and O–H groups in total. The Bertz CT molecular complexity index is 1650. The zero-order valence-electron chi connectivity index (χ0n) is 22.6. The van der Waals surface area contributed by atoms with E-state index in [1.807, 2.05) is 66.8 Å². The number of hydrogen-bond acceptors (Lipinski definition) is 3. The van der Waals surface area contributed by atoms with E-state index in [0.717, 1.165) is 50.8 Å². The Morgan fingerprint density at radius 3 is 2.46 bits per heavy atom. The number of aromatic nitrogens is 3. The molecule has 0 bridgehead atoms. The summed E-state index contributed by atoms with van der Waals surface area (Å²) in [6, 6.07) is 28.6. The third kappa shape index (κ3) is 4.53. The smallest absolute Gasteiger partial charge is 0.308 e. The molecular weight excluding hydrogens is 502 g/mol. The van der Waals surface area contributed by atoms with Gasteiger partial charge in [0.2, 0.25) is 0 Å². The van der Waals surface area contributed by atoms with E-state index in [4.69, 9.17) is 5.10 Å². The highest BCUT2D eigenvalue weighted by Crippen LogP contribution is 2.39. The molecule has 1 aliphatic heterocycles. The van der Waals surface area contributed by atoms with Gasteiger partial charge in [0.1, 0.15) is 5.82 Å².